The second kappa shape index (κ2) is 11.3. The SMILES string of the molecule is Cc1ccc(Cl)cc1NC(=O)CN1C(=O)S/C(=C/c2ccccc2Oc2ccc([N+](=O)[O-])cc2[N+](=O)[O-])C1=O. The lowest BCUT2D eigenvalue weighted by molar-refractivity contribution is -0.394. The summed E-state index contributed by atoms with van der Waals surface area (Å²) in [7, 11) is 0. The van der Waals surface area contributed by atoms with Crippen LogP contribution in [0.1, 0.15) is 11.1 Å². The summed E-state index contributed by atoms with van der Waals surface area (Å²) >= 11 is 6.59. The van der Waals surface area contributed by atoms with Crippen molar-refractivity contribution in [3.8, 4) is 11.5 Å². The fourth-order valence-corrected chi connectivity index (χ4v) is 4.50. The van der Waals surface area contributed by atoms with Crippen LogP contribution < -0.4 is 10.1 Å². The Morgan fingerprint density at radius 2 is 1.79 bits per heavy atom. The number of thioether (sulfide) groups is 1. The number of benzene rings is 3. The van der Waals surface area contributed by atoms with Gasteiger partial charge in [-0.2, -0.15) is 0 Å². The van der Waals surface area contributed by atoms with Crippen LogP contribution in [0.15, 0.2) is 65.6 Å². The lowest BCUT2D eigenvalue weighted by Crippen LogP contribution is -2.36. The average Bonchev–Trinajstić information content (AvgIpc) is 3.14. The Morgan fingerprint density at radius 3 is 2.51 bits per heavy atom. The first kappa shape index (κ1) is 27.3. The number of carbonyl (C=O) groups excluding carboxylic acids is 3. The maximum absolute atomic E-state index is 13.0. The molecule has 1 N–H and O–H groups in total. The summed E-state index contributed by atoms with van der Waals surface area (Å²) < 4.78 is 5.68. The fraction of sp³-hybridized carbons (Fsp3) is 0.0800. The third-order valence-corrected chi connectivity index (χ3v) is 6.57. The third kappa shape index (κ3) is 6.22. The first-order valence-corrected chi connectivity index (χ1v) is 12.2. The van der Waals surface area contributed by atoms with Crippen LogP contribution in [0.25, 0.3) is 6.08 Å². The van der Waals surface area contributed by atoms with Gasteiger partial charge >= 0.3 is 5.69 Å². The minimum absolute atomic E-state index is 0.000912. The molecule has 0 bridgehead atoms. The van der Waals surface area contributed by atoms with Crippen molar-refractivity contribution in [2.24, 2.45) is 0 Å². The molecule has 39 heavy (non-hydrogen) atoms. The number of ether oxygens (including phenoxy) is 1. The highest BCUT2D eigenvalue weighted by Gasteiger charge is 2.36. The van der Waals surface area contributed by atoms with Crippen LogP contribution in [0, 0.1) is 27.2 Å². The van der Waals surface area contributed by atoms with E-state index in [-0.39, 0.29) is 16.4 Å². The number of nitrogens with one attached hydrogen (secondary N) is 1. The third-order valence-electron chi connectivity index (χ3n) is 5.42. The minimum Gasteiger partial charge on any atom is -0.449 e. The number of hydrogen-bond donors (Lipinski definition) is 1. The van der Waals surface area contributed by atoms with E-state index in [4.69, 9.17) is 16.3 Å². The zero-order chi connectivity index (χ0) is 28.3. The molecule has 0 radical (unpaired) electrons. The summed E-state index contributed by atoms with van der Waals surface area (Å²) in [5, 5.41) is 24.8. The number of nitro benzene ring substituents is 2. The number of nitrogens with zero attached hydrogens (tertiary/aromatic N) is 3. The van der Waals surface area contributed by atoms with Crippen molar-refractivity contribution >= 4 is 63.6 Å². The Balaban J connectivity index is 1.55. The second-order valence-electron chi connectivity index (χ2n) is 8.08. The molecular weight excluding hydrogens is 552 g/mol. The van der Waals surface area contributed by atoms with E-state index in [0.717, 1.165) is 28.7 Å². The molecule has 1 aliphatic heterocycles. The van der Waals surface area contributed by atoms with Crippen molar-refractivity contribution in [3.05, 3.63) is 102 Å². The van der Waals surface area contributed by atoms with Gasteiger partial charge in [-0.25, -0.2) is 0 Å². The molecule has 1 heterocycles. The van der Waals surface area contributed by atoms with Gasteiger partial charge in [0.05, 0.1) is 20.8 Å². The minimum atomic E-state index is -0.813. The van der Waals surface area contributed by atoms with Gasteiger partial charge in [0.25, 0.3) is 16.8 Å². The molecular formula is C25H17ClN4O8S. The predicted octanol–water partition coefficient (Wildman–Crippen LogP) is 5.93. The number of rotatable bonds is 8. The van der Waals surface area contributed by atoms with Gasteiger partial charge in [0, 0.05) is 22.3 Å². The lowest BCUT2D eigenvalue weighted by atomic mass is 10.1. The molecule has 1 aliphatic rings. The quantitative estimate of drug-likeness (QED) is 0.197. The van der Waals surface area contributed by atoms with Crippen molar-refractivity contribution in [2.45, 2.75) is 6.92 Å². The zero-order valence-electron chi connectivity index (χ0n) is 20.0. The summed E-state index contributed by atoms with van der Waals surface area (Å²) in [4.78, 5) is 59.7. The molecule has 0 atom stereocenters. The molecule has 3 amide bonds. The van der Waals surface area contributed by atoms with E-state index in [2.05, 4.69) is 5.32 Å². The number of anilines is 1. The molecule has 198 valence electrons. The molecule has 4 rings (SSSR count). The van der Waals surface area contributed by atoms with Crippen LogP contribution in [-0.2, 0) is 9.59 Å². The van der Waals surface area contributed by atoms with E-state index in [1.807, 2.05) is 0 Å². The van der Waals surface area contributed by atoms with E-state index in [9.17, 15) is 34.6 Å². The average molecular weight is 569 g/mol. The first-order valence-electron chi connectivity index (χ1n) is 11.0. The number of aryl methyl sites for hydroxylation is 1. The Morgan fingerprint density at radius 1 is 1.05 bits per heavy atom. The number of amides is 3. The highest BCUT2D eigenvalue weighted by Crippen LogP contribution is 2.38. The van der Waals surface area contributed by atoms with Gasteiger partial charge in [-0.1, -0.05) is 35.9 Å². The number of halogens is 1. The normalized spacial score (nSPS) is 14.0. The van der Waals surface area contributed by atoms with Gasteiger partial charge in [0.1, 0.15) is 12.3 Å². The molecule has 0 aromatic heterocycles. The van der Waals surface area contributed by atoms with Crippen LogP contribution in [0.5, 0.6) is 11.5 Å². The predicted molar refractivity (Wildman–Crippen MR) is 144 cm³/mol. The number of nitro groups is 2. The highest BCUT2D eigenvalue weighted by molar-refractivity contribution is 8.18. The summed E-state index contributed by atoms with van der Waals surface area (Å²) in [6.45, 7) is 1.24. The van der Waals surface area contributed by atoms with E-state index in [1.54, 1.807) is 43.3 Å². The number of imide groups is 1. The molecule has 0 saturated carbocycles. The monoisotopic (exact) mass is 568 g/mol. The molecule has 14 heteroatoms. The summed E-state index contributed by atoms with van der Waals surface area (Å²) in [5.74, 6) is -1.47. The van der Waals surface area contributed by atoms with Crippen molar-refractivity contribution < 1.29 is 29.0 Å². The number of hydrogen-bond acceptors (Lipinski definition) is 9. The number of non-ortho nitro benzene ring substituents is 1. The van der Waals surface area contributed by atoms with E-state index >= 15 is 0 Å². The molecule has 12 nitrogen and oxygen atoms in total. The Bertz CT molecular complexity index is 1580. The topological polar surface area (TPSA) is 162 Å². The van der Waals surface area contributed by atoms with Crippen LogP contribution in [-0.4, -0.2) is 38.3 Å². The van der Waals surface area contributed by atoms with Gasteiger partial charge in [0.15, 0.2) is 0 Å². The van der Waals surface area contributed by atoms with Crippen LogP contribution >= 0.6 is 23.4 Å². The number of carbonyl (C=O) groups is 3. The molecule has 0 unspecified atom stereocenters. The smallest absolute Gasteiger partial charge is 0.318 e. The number of para-hydroxylation sites is 1. The van der Waals surface area contributed by atoms with E-state index < -0.39 is 44.8 Å². The van der Waals surface area contributed by atoms with Crippen molar-refractivity contribution in [1.29, 1.82) is 0 Å². The molecule has 0 aliphatic carbocycles. The Hall–Kier alpha value is -4.75. The molecule has 3 aromatic carbocycles. The summed E-state index contributed by atoms with van der Waals surface area (Å²) in [5.41, 5.74) is 0.383. The van der Waals surface area contributed by atoms with Crippen LogP contribution in [0.2, 0.25) is 5.02 Å². The lowest BCUT2D eigenvalue weighted by Gasteiger charge is -2.14. The largest absolute Gasteiger partial charge is 0.449 e. The van der Waals surface area contributed by atoms with E-state index in [0.29, 0.717) is 28.0 Å². The summed E-state index contributed by atoms with van der Waals surface area (Å²) in [6.07, 6.45) is 1.36. The molecule has 1 saturated heterocycles. The van der Waals surface area contributed by atoms with Gasteiger partial charge < -0.3 is 10.1 Å². The maximum Gasteiger partial charge on any atom is 0.318 e. The van der Waals surface area contributed by atoms with Crippen molar-refractivity contribution in [2.75, 3.05) is 11.9 Å². The zero-order valence-corrected chi connectivity index (χ0v) is 21.5. The Labute approximate surface area is 229 Å². The highest BCUT2D eigenvalue weighted by atomic mass is 35.5. The second-order valence-corrected chi connectivity index (χ2v) is 9.51. The Kier molecular flexibility index (Phi) is 7.93. The first-order chi connectivity index (χ1) is 18.5. The molecule has 1 fully saturated rings. The standard InChI is InChI=1S/C25H17ClN4O8S/c1-14-6-7-16(26)11-18(14)27-23(31)13-28-24(32)22(39-25(28)33)10-15-4-2-3-5-20(15)38-21-9-8-17(29(34)35)12-19(21)30(36)37/h2-12H,13H2,1H3,(H,27,31)/b22-10+. The van der Waals surface area contributed by atoms with Gasteiger partial charge in [-0.05, 0) is 54.6 Å². The molecule has 3 aromatic rings. The maximum atomic E-state index is 13.0. The van der Waals surface area contributed by atoms with Crippen LogP contribution in [0.3, 0.4) is 0 Å². The van der Waals surface area contributed by atoms with Crippen LogP contribution in [0.4, 0.5) is 21.9 Å². The van der Waals surface area contributed by atoms with Gasteiger partial charge in [-0.15, -0.1) is 0 Å². The summed E-state index contributed by atoms with van der Waals surface area (Å²) in [6, 6.07) is 14.1. The fourth-order valence-electron chi connectivity index (χ4n) is 3.50. The van der Waals surface area contributed by atoms with Gasteiger partial charge in [0.2, 0.25) is 11.7 Å². The van der Waals surface area contributed by atoms with Gasteiger partial charge in [-0.3, -0.25) is 39.5 Å². The van der Waals surface area contributed by atoms with Crippen molar-refractivity contribution in [3.63, 3.8) is 0 Å². The van der Waals surface area contributed by atoms with E-state index in [1.165, 1.54) is 12.1 Å². The van der Waals surface area contributed by atoms with Crippen molar-refractivity contribution in [1.82, 2.24) is 4.90 Å². The molecule has 0 spiro atoms.